The highest BCUT2D eigenvalue weighted by Crippen LogP contribution is 2.60. The summed E-state index contributed by atoms with van der Waals surface area (Å²) in [6, 6.07) is 21.1. The Bertz CT molecular complexity index is 1770. The van der Waals surface area contributed by atoms with Gasteiger partial charge in [0, 0.05) is 60.9 Å². The van der Waals surface area contributed by atoms with E-state index in [1.807, 2.05) is 61.5 Å². The van der Waals surface area contributed by atoms with E-state index in [0.29, 0.717) is 24.2 Å². The van der Waals surface area contributed by atoms with Crippen molar-refractivity contribution in [2.75, 3.05) is 29.5 Å². The van der Waals surface area contributed by atoms with Gasteiger partial charge in [0.15, 0.2) is 13.9 Å². The highest BCUT2D eigenvalue weighted by molar-refractivity contribution is 6.71. The van der Waals surface area contributed by atoms with Crippen LogP contribution in [0.15, 0.2) is 72.8 Å². The maximum absolute atomic E-state index is 14.8. The second-order valence-corrected chi connectivity index (χ2v) is 17.7. The van der Waals surface area contributed by atoms with Gasteiger partial charge in [-0.25, -0.2) is 0 Å². The van der Waals surface area contributed by atoms with E-state index in [1.165, 1.54) is 17.0 Å². The predicted molar refractivity (Wildman–Crippen MR) is 185 cm³/mol. The van der Waals surface area contributed by atoms with Gasteiger partial charge in [-0.2, -0.15) is 0 Å². The third-order valence-electron chi connectivity index (χ3n) is 10.1. The number of hydrogen-bond acceptors (Lipinski definition) is 8. The van der Waals surface area contributed by atoms with Crippen molar-refractivity contribution in [2.24, 2.45) is 5.92 Å². The van der Waals surface area contributed by atoms with Gasteiger partial charge in [0.25, 0.3) is 11.6 Å². The molecule has 3 aromatic rings. The van der Waals surface area contributed by atoms with E-state index in [9.17, 15) is 34.4 Å². The van der Waals surface area contributed by atoms with Crippen LogP contribution in [0.4, 0.5) is 17.1 Å². The molecule has 1 spiro atoms. The van der Waals surface area contributed by atoms with Crippen LogP contribution in [0.3, 0.4) is 0 Å². The summed E-state index contributed by atoms with van der Waals surface area (Å²) < 4.78 is 6.77. The molecular weight excluding hydrogens is 645 g/mol. The number of rotatable bonds is 11. The molecular formula is C36H42N4O8Si. The number of aliphatic hydroxyl groups is 1. The number of ether oxygens (including phenoxy) is 1. The molecule has 3 heterocycles. The molecule has 0 bridgehead atoms. The van der Waals surface area contributed by atoms with Crippen molar-refractivity contribution >= 4 is 43.1 Å². The molecule has 258 valence electrons. The number of benzene rings is 3. The molecule has 49 heavy (non-hydrogen) atoms. The number of nitro groups is 1. The highest BCUT2D eigenvalue weighted by atomic mass is 28.4. The largest absolute Gasteiger partial charge is 0.432 e. The van der Waals surface area contributed by atoms with Gasteiger partial charge in [0.2, 0.25) is 11.8 Å². The normalized spacial score (nSPS) is 23.4. The number of carbonyl (C=O) groups is 3. The van der Waals surface area contributed by atoms with Crippen molar-refractivity contribution in [1.82, 2.24) is 4.90 Å². The van der Waals surface area contributed by atoms with Crippen molar-refractivity contribution in [3.63, 3.8) is 0 Å². The van der Waals surface area contributed by atoms with Gasteiger partial charge < -0.3 is 29.3 Å². The summed E-state index contributed by atoms with van der Waals surface area (Å²) in [5, 5.41) is 21.8. The molecule has 3 aromatic carbocycles. The quantitative estimate of drug-likeness (QED) is 0.170. The van der Waals surface area contributed by atoms with Crippen LogP contribution >= 0.6 is 0 Å². The van der Waals surface area contributed by atoms with E-state index < -0.39 is 42.3 Å². The van der Waals surface area contributed by atoms with Crippen LogP contribution in [0.25, 0.3) is 0 Å². The minimum absolute atomic E-state index is 0.0444. The van der Waals surface area contributed by atoms with Crippen molar-refractivity contribution in [2.45, 2.75) is 69.6 Å². The molecule has 2 saturated heterocycles. The lowest BCUT2D eigenvalue weighted by molar-refractivity contribution is -0.385. The first-order valence-electron chi connectivity index (χ1n) is 16.7. The van der Waals surface area contributed by atoms with Crippen LogP contribution in [-0.2, 0) is 37.8 Å². The lowest BCUT2D eigenvalue weighted by Crippen LogP contribution is -2.46. The molecule has 0 radical (unpaired) electrons. The van der Waals surface area contributed by atoms with Gasteiger partial charge in [-0.05, 0) is 48.8 Å². The van der Waals surface area contributed by atoms with Crippen LogP contribution < -0.4 is 9.80 Å². The van der Waals surface area contributed by atoms with Crippen LogP contribution in [-0.4, -0.2) is 71.6 Å². The number of nitro benzene ring substituents is 1. The maximum atomic E-state index is 14.8. The van der Waals surface area contributed by atoms with Crippen LogP contribution in [0, 0.1) is 16.0 Å². The Kier molecular flexibility index (Phi) is 9.46. The number of amides is 3. The van der Waals surface area contributed by atoms with Crippen LogP contribution in [0.2, 0.25) is 18.6 Å². The fourth-order valence-corrected chi connectivity index (χ4v) is 10.5. The third kappa shape index (κ3) is 6.39. The van der Waals surface area contributed by atoms with E-state index in [2.05, 4.69) is 0 Å². The van der Waals surface area contributed by atoms with E-state index in [-0.39, 0.29) is 50.2 Å². The number of fused-ring (bicyclic) bond motifs is 2. The SMILES string of the molecule is C[C@@H]1[C@@H]([Si](C)(C)O)[C@H](CC(=O)N(CCO)Cc2ccccc2)O[C@@]12C(=O)N(Cc1cccc(N3CCCC3=O)c1)c1ccc([N+](=O)[O-])cc12. The number of hydrogen-bond donors (Lipinski definition) is 2. The predicted octanol–water partition coefficient (Wildman–Crippen LogP) is 4.48. The molecule has 3 aliphatic rings. The minimum atomic E-state index is -3.14. The number of aliphatic hydroxyl groups excluding tert-OH is 1. The number of carbonyl (C=O) groups excluding carboxylic acids is 3. The smallest absolute Gasteiger partial charge is 0.269 e. The number of nitrogens with zero attached hydrogens (tertiary/aromatic N) is 4. The maximum Gasteiger partial charge on any atom is 0.269 e. The molecule has 6 rings (SSSR count). The zero-order valence-electron chi connectivity index (χ0n) is 27.9. The van der Waals surface area contributed by atoms with Crippen molar-refractivity contribution in [3.05, 3.63) is 99.6 Å². The summed E-state index contributed by atoms with van der Waals surface area (Å²) in [5.74, 6) is -1.31. The summed E-state index contributed by atoms with van der Waals surface area (Å²) in [6.45, 7) is 6.17. The monoisotopic (exact) mass is 686 g/mol. The van der Waals surface area contributed by atoms with Gasteiger partial charge in [-0.3, -0.25) is 24.5 Å². The van der Waals surface area contributed by atoms with Crippen molar-refractivity contribution in [3.8, 4) is 0 Å². The minimum Gasteiger partial charge on any atom is -0.432 e. The molecule has 0 saturated carbocycles. The molecule has 13 heteroatoms. The first kappa shape index (κ1) is 34.4. The summed E-state index contributed by atoms with van der Waals surface area (Å²) >= 11 is 0. The van der Waals surface area contributed by atoms with Gasteiger partial charge in [-0.1, -0.05) is 49.4 Å². The molecule has 3 aliphatic heterocycles. The molecule has 12 nitrogen and oxygen atoms in total. The topological polar surface area (TPSA) is 154 Å². The van der Waals surface area contributed by atoms with Gasteiger partial charge in [0.1, 0.15) is 0 Å². The number of anilines is 2. The second kappa shape index (κ2) is 13.5. The molecule has 3 amide bonds. The lowest BCUT2D eigenvalue weighted by Gasteiger charge is -2.32. The van der Waals surface area contributed by atoms with E-state index >= 15 is 0 Å². The molecule has 0 aromatic heterocycles. The van der Waals surface area contributed by atoms with E-state index in [1.54, 1.807) is 29.0 Å². The first-order chi connectivity index (χ1) is 23.3. The molecule has 0 aliphatic carbocycles. The van der Waals surface area contributed by atoms with Gasteiger partial charge in [0.05, 0.1) is 36.3 Å². The molecule has 0 unspecified atom stereocenters. The van der Waals surface area contributed by atoms with Crippen molar-refractivity contribution < 1.29 is 33.9 Å². The lowest BCUT2D eigenvalue weighted by atomic mass is 9.82. The standard InChI is InChI=1S/C36H42N4O8Si/c1-24-34(49(2,3)47)31(21-33(43)37(17-18-41)22-25-9-5-4-6-10-25)48-36(24)29-20-28(40(45)46)14-15-30(29)39(35(36)44)23-26-11-7-12-27(19-26)38-16-8-13-32(38)42/h4-7,9-12,14-15,19-20,24,31,34,41,47H,8,13,16-18,21-23H2,1-3H3/t24-,31+,34-,36+/m1/s1. The molecule has 2 fully saturated rings. The zero-order valence-corrected chi connectivity index (χ0v) is 28.9. The Morgan fingerprint density at radius 1 is 1.08 bits per heavy atom. The summed E-state index contributed by atoms with van der Waals surface area (Å²) in [6.07, 6.45) is 0.241. The van der Waals surface area contributed by atoms with Gasteiger partial charge in [-0.15, -0.1) is 0 Å². The van der Waals surface area contributed by atoms with Crippen LogP contribution in [0.1, 0.15) is 42.9 Å². The third-order valence-corrected chi connectivity index (χ3v) is 12.6. The summed E-state index contributed by atoms with van der Waals surface area (Å²) in [5.41, 5.74) is 0.711. The fourth-order valence-electron chi connectivity index (χ4n) is 7.98. The van der Waals surface area contributed by atoms with E-state index in [0.717, 1.165) is 23.2 Å². The summed E-state index contributed by atoms with van der Waals surface area (Å²) in [7, 11) is -3.14. The number of non-ortho nitro benzene ring substituents is 1. The Hall–Kier alpha value is -4.43. The molecule has 2 N–H and O–H groups in total. The first-order valence-corrected chi connectivity index (χ1v) is 19.7. The average molecular weight is 687 g/mol. The highest BCUT2D eigenvalue weighted by Gasteiger charge is 2.66. The van der Waals surface area contributed by atoms with E-state index in [4.69, 9.17) is 4.74 Å². The Morgan fingerprint density at radius 2 is 1.82 bits per heavy atom. The second-order valence-electron chi connectivity index (χ2n) is 13.8. The van der Waals surface area contributed by atoms with Gasteiger partial charge >= 0.3 is 0 Å². The Labute approximate surface area is 286 Å². The Balaban J connectivity index is 1.37. The summed E-state index contributed by atoms with van der Waals surface area (Å²) in [4.78, 5) is 69.1. The average Bonchev–Trinajstić information content (AvgIpc) is 3.70. The Morgan fingerprint density at radius 3 is 2.47 bits per heavy atom. The molecule has 4 atom stereocenters. The fraction of sp³-hybridized carbons (Fsp3) is 0.417. The van der Waals surface area contributed by atoms with Crippen molar-refractivity contribution in [1.29, 1.82) is 0 Å². The van der Waals surface area contributed by atoms with Crippen LogP contribution in [0.5, 0.6) is 0 Å². The zero-order chi connectivity index (χ0) is 35.1.